The molecule has 0 aliphatic carbocycles. The zero-order valence-corrected chi connectivity index (χ0v) is 37.1. The smallest absolute Gasteiger partial charge is 0.184 e. The van der Waals surface area contributed by atoms with Crippen LogP contribution in [0.3, 0.4) is 0 Å². The standard InChI is InChI=1S/C45H72O14.CH3Cl/c1-32-21-24-45(55,31-42(54)39(51)20-19-35(48)27-37(50)28-36(49)22-25-46)59-43(32)29-38(58-44-41(53)30-40(52)33(2)57-44)18-16-14-12-10-8-6-4-5-7-9-11-13-15-17-34(47)23-26-56-3;1-2/h4-16,18,25,32-44,47-55H,17,19-24,26-31H2,1-3H3;1H3/b6-4+,7-5+,10-8+,11-9+,14-12+,15-13+,18-16+;/t32?,33-,34?,35?,36?,37?,38?,39?,40?,41+,42?,43?,44?,45?;/m1./s1. The van der Waals surface area contributed by atoms with Crippen molar-refractivity contribution in [1.29, 1.82) is 0 Å². The van der Waals surface area contributed by atoms with Gasteiger partial charge in [0, 0.05) is 52.2 Å². The number of aliphatic hydroxyl groups is 9. The van der Waals surface area contributed by atoms with E-state index in [-0.39, 0.29) is 63.7 Å². The lowest BCUT2D eigenvalue weighted by atomic mass is 9.86. The predicted molar refractivity (Wildman–Crippen MR) is 235 cm³/mol. The van der Waals surface area contributed by atoms with Crippen molar-refractivity contribution >= 4 is 17.9 Å². The van der Waals surface area contributed by atoms with Crippen LogP contribution in [0.15, 0.2) is 85.1 Å². The Balaban J connectivity index is 0.00000916. The van der Waals surface area contributed by atoms with Gasteiger partial charge < -0.3 is 69.7 Å². The average Bonchev–Trinajstić information content (AvgIpc) is 3.21. The molecule has 0 aromatic rings. The van der Waals surface area contributed by atoms with Crippen molar-refractivity contribution in [2.24, 2.45) is 5.92 Å². The first kappa shape index (κ1) is 56.6. The van der Waals surface area contributed by atoms with Crippen LogP contribution in [-0.2, 0) is 23.7 Å². The van der Waals surface area contributed by atoms with Gasteiger partial charge in [-0.2, -0.15) is 0 Å². The fraction of sp³-hybridized carbons (Fsp3) is 0.674. The normalized spacial score (nSPS) is 28.8. The number of methoxy groups -OCH3 is 1. The largest absolute Gasteiger partial charge is 0.393 e. The van der Waals surface area contributed by atoms with Gasteiger partial charge in [-0.1, -0.05) is 92.0 Å². The third-order valence-electron chi connectivity index (χ3n) is 10.4. The van der Waals surface area contributed by atoms with Crippen LogP contribution in [0, 0.1) is 5.92 Å². The monoisotopic (exact) mass is 886 g/mol. The highest BCUT2D eigenvalue weighted by atomic mass is 35.5. The minimum absolute atomic E-state index is 0.0158. The summed E-state index contributed by atoms with van der Waals surface area (Å²) >= 11 is 4.64. The molecule has 14 atom stereocenters. The summed E-state index contributed by atoms with van der Waals surface area (Å²) in [6, 6.07) is 0. The number of carbonyl (C=O) groups excluding carboxylic acids is 1. The van der Waals surface area contributed by atoms with Gasteiger partial charge in [0.2, 0.25) is 0 Å². The van der Waals surface area contributed by atoms with Gasteiger partial charge in [0.1, 0.15) is 12.4 Å². The Morgan fingerprint density at radius 1 is 0.738 bits per heavy atom. The first-order chi connectivity index (χ1) is 29.2. The molecule has 0 radical (unpaired) electrons. The van der Waals surface area contributed by atoms with Crippen molar-refractivity contribution in [2.45, 2.75) is 170 Å². The molecule has 2 rings (SSSR count). The van der Waals surface area contributed by atoms with Gasteiger partial charge in [-0.3, -0.25) is 0 Å². The number of hydrogen-bond acceptors (Lipinski definition) is 14. The molecule has 0 bridgehead atoms. The second kappa shape index (κ2) is 33.2. The molecular weight excluding hydrogens is 812 g/mol. The lowest BCUT2D eigenvalue weighted by molar-refractivity contribution is -0.295. The Labute approximate surface area is 367 Å². The molecule has 9 N–H and O–H groups in total. The van der Waals surface area contributed by atoms with Crippen LogP contribution in [0.1, 0.15) is 90.9 Å². The molecule has 2 heterocycles. The molecule has 61 heavy (non-hydrogen) atoms. The summed E-state index contributed by atoms with van der Waals surface area (Å²) in [6.07, 6.45) is 19.1. The molecule has 14 nitrogen and oxygen atoms in total. The summed E-state index contributed by atoms with van der Waals surface area (Å²) in [6.45, 7) is 4.21. The number of ether oxygens (including phenoxy) is 4. The van der Waals surface area contributed by atoms with Crippen molar-refractivity contribution in [3.05, 3.63) is 85.1 Å². The fourth-order valence-electron chi connectivity index (χ4n) is 6.76. The number of aliphatic hydroxyl groups excluding tert-OH is 8. The van der Waals surface area contributed by atoms with Gasteiger partial charge in [-0.15, -0.1) is 11.6 Å². The van der Waals surface area contributed by atoms with Crippen LogP contribution in [-0.4, -0.2) is 152 Å². The number of halogens is 1. The lowest BCUT2D eigenvalue weighted by Gasteiger charge is -2.43. The number of allylic oxidation sites excluding steroid dienone is 12. The van der Waals surface area contributed by atoms with E-state index >= 15 is 0 Å². The predicted octanol–water partition coefficient (Wildman–Crippen LogP) is 4.00. The molecule has 2 aliphatic heterocycles. The SMILES string of the molecule is CCl.COCCC(O)C/C=C/C=C/C=C/C=C/C=C/C=C/C=C/C(CC1OC(O)(CC(O)C(O)CCC(O)CC(O)CC(O)CC=O)CCC1C)OC1O[C@H](C)C(O)C[C@@H]1O. The summed E-state index contributed by atoms with van der Waals surface area (Å²) in [5.41, 5.74) is 0. The topological polar surface area (TPSA) is 236 Å². The fourth-order valence-corrected chi connectivity index (χ4v) is 6.76. The summed E-state index contributed by atoms with van der Waals surface area (Å²) in [5, 5.41) is 93.7. The Morgan fingerprint density at radius 2 is 1.33 bits per heavy atom. The summed E-state index contributed by atoms with van der Waals surface area (Å²) < 4.78 is 23.2. The van der Waals surface area contributed by atoms with E-state index in [0.29, 0.717) is 32.2 Å². The number of alkyl halides is 1. The van der Waals surface area contributed by atoms with Crippen LogP contribution in [0.25, 0.3) is 0 Å². The Bertz CT molecular complexity index is 1350. The summed E-state index contributed by atoms with van der Waals surface area (Å²) in [5.74, 6) is -1.78. The molecule has 2 fully saturated rings. The highest BCUT2D eigenvalue weighted by Crippen LogP contribution is 2.37. The van der Waals surface area contributed by atoms with Gasteiger partial charge in [-0.05, 0) is 57.8 Å². The van der Waals surface area contributed by atoms with E-state index in [1.54, 1.807) is 26.2 Å². The molecule has 0 aromatic heterocycles. The molecule has 15 heteroatoms. The maximum atomic E-state index is 11.5. The molecule has 350 valence electrons. The van der Waals surface area contributed by atoms with E-state index in [4.69, 9.17) is 18.9 Å². The van der Waals surface area contributed by atoms with E-state index in [2.05, 4.69) is 11.6 Å². The van der Waals surface area contributed by atoms with Crippen LogP contribution in [0.4, 0.5) is 0 Å². The second-order valence-corrected chi connectivity index (χ2v) is 15.8. The maximum absolute atomic E-state index is 11.5. The second-order valence-electron chi connectivity index (χ2n) is 15.8. The molecule has 2 aliphatic rings. The van der Waals surface area contributed by atoms with E-state index < -0.39 is 79.2 Å². The van der Waals surface area contributed by atoms with Crippen molar-refractivity contribution < 1.29 is 69.7 Å². The van der Waals surface area contributed by atoms with E-state index in [1.807, 2.05) is 79.8 Å². The maximum Gasteiger partial charge on any atom is 0.184 e. The molecule has 0 spiro atoms. The van der Waals surface area contributed by atoms with Gasteiger partial charge in [0.25, 0.3) is 0 Å². The average molecular weight is 888 g/mol. The first-order valence-electron chi connectivity index (χ1n) is 21.3. The van der Waals surface area contributed by atoms with E-state index in [0.717, 1.165) is 0 Å². The molecule has 0 amide bonds. The zero-order valence-electron chi connectivity index (χ0n) is 36.3. The Kier molecular flexibility index (Phi) is 30.8. The van der Waals surface area contributed by atoms with Crippen molar-refractivity contribution in [3.63, 3.8) is 0 Å². The minimum atomic E-state index is -1.76. The molecule has 2 saturated heterocycles. The third-order valence-corrected chi connectivity index (χ3v) is 10.4. The minimum Gasteiger partial charge on any atom is -0.393 e. The molecule has 0 saturated carbocycles. The Morgan fingerprint density at radius 3 is 1.93 bits per heavy atom. The summed E-state index contributed by atoms with van der Waals surface area (Å²) in [4.78, 5) is 10.5. The zero-order chi connectivity index (χ0) is 45.6. The van der Waals surface area contributed by atoms with Crippen molar-refractivity contribution in [3.8, 4) is 0 Å². The van der Waals surface area contributed by atoms with Gasteiger partial charge >= 0.3 is 0 Å². The molecule has 0 aromatic carbocycles. The quantitative estimate of drug-likeness (QED) is 0.0307. The van der Waals surface area contributed by atoms with Crippen molar-refractivity contribution in [2.75, 3.05) is 20.1 Å². The van der Waals surface area contributed by atoms with Gasteiger partial charge in [0.05, 0.1) is 61.0 Å². The van der Waals surface area contributed by atoms with Crippen LogP contribution >= 0.6 is 11.6 Å². The van der Waals surface area contributed by atoms with Crippen molar-refractivity contribution in [1.82, 2.24) is 0 Å². The number of rotatable bonds is 28. The summed E-state index contributed by atoms with van der Waals surface area (Å²) in [7, 11) is 1.61. The van der Waals surface area contributed by atoms with Gasteiger partial charge in [0.15, 0.2) is 12.1 Å². The van der Waals surface area contributed by atoms with Crippen LogP contribution in [0.5, 0.6) is 0 Å². The van der Waals surface area contributed by atoms with Gasteiger partial charge in [-0.25, -0.2) is 0 Å². The number of hydrogen-bond donors (Lipinski definition) is 9. The van der Waals surface area contributed by atoms with E-state index in [1.165, 1.54) is 6.38 Å². The molecular formula is C46H75ClO14. The van der Waals surface area contributed by atoms with Crippen LogP contribution < -0.4 is 0 Å². The Hall–Kier alpha value is -2.38. The molecule has 12 unspecified atom stereocenters. The first-order valence-corrected chi connectivity index (χ1v) is 22.0. The third kappa shape index (κ3) is 25.5. The number of aldehydes is 1. The van der Waals surface area contributed by atoms with E-state index in [9.17, 15) is 50.8 Å². The lowest BCUT2D eigenvalue weighted by Crippen LogP contribution is -2.50. The number of carbonyl (C=O) groups is 1. The highest BCUT2D eigenvalue weighted by Gasteiger charge is 2.43. The highest BCUT2D eigenvalue weighted by molar-refractivity contribution is 6.15. The van der Waals surface area contributed by atoms with Crippen LogP contribution in [0.2, 0.25) is 0 Å².